The largest absolute Gasteiger partial charge is 0.340 e. The first-order valence-corrected chi connectivity index (χ1v) is 9.75. The number of hydrogen-bond donors (Lipinski definition) is 1. The lowest BCUT2D eigenvalue weighted by molar-refractivity contribution is 0.628. The van der Waals surface area contributed by atoms with Crippen molar-refractivity contribution in [1.29, 1.82) is 0 Å². The van der Waals surface area contributed by atoms with E-state index in [-0.39, 0.29) is 5.02 Å². The Kier molecular flexibility index (Phi) is 4.93. The standard InChI is InChI=1S/C23H14ClFN6/c24-19-9-17(4-5-20(19)25)29-23-18-8-14(16-11-27-13-28-12-16)3-6-21(18)30-22(31-23)15-2-1-7-26-10-15/h1-13H,(H,29,30,31). The maximum atomic E-state index is 13.6. The summed E-state index contributed by atoms with van der Waals surface area (Å²) in [7, 11) is 0. The second-order valence-electron chi connectivity index (χ2n) is 6.75. The highest BCUT2D eigenvalue weighted by molar-refractivity contribution is 6.31. The van der Waals surface area contributed by atoms with Gasteiger partial charge in [0.25, 0.3) is 0 Å². The Bertz CT molecular complexity index is 1380. The Hall–Kier alpha value is -3.97. The third kappa shape index (κ3) is 3.91. The molecule has 0 amide bonds. The summed E-state index contributed by atoms with van der Waals surface area (Å²) in [6.07, 6.45) is 8.37. The van der Waals surface area contributed by atoms with Gasteiger partial charge in [0.1, 0.15) is 18.0 Å². The summed E-state index contributed by atoms with van der Waals surface area (Å²) in [5.41, 5.74) is 3.93. The van der Waals surface area contributed by atoms with Crippen LogP contribution in [0, 0.1) is 5.82 Å². The quantitative estimate of drug-likeness (QED) is 0.396. The number of hydrogen-bond acceptors (Lipinski definition) is 6. The Morgan fingerprint density at radius 3 is 2.42 bits per heavy atom. The van der Waals surface area contributed by atoms with Gasteiger partial charge in [-0.15, -0.1) is 0 Å². The van der Waals surface area contributed by atoms with Crippen LogP contribution in [0.3, 0.4) is 0 Å². The number of rotatable bonds is 4. The molecule has 0 atom stereocenters. The van der Waals surface area contributed by atoms with Gasteiger partial charge >= 0.3 is 0 Å². The number of nitrogens with zero attached hydrogens (tertiary/aromatic N) is 5. The molecule has 31 heavy (non-hydrogen) atoms. The average molecular weight is 429 g/mol. The molecule has 0 saturated heterocycles. The smallest absolute Gasteiger partial charge is 0.163 e. The fourth-order valence-corrected chi connectivity index (χ4v) is 3.37. The van der Waals surface area contributed by atoms with Crippen LogP contribution >= 0.6 is 11.6 Å². The summed E-state index contributed by atoms with van der Waals surface area (Å²) in [5, 5.41) is 4.06. The molecule has 6 nitrogen and oxygen atoms in total. The van der Waals surface area contributed by atoms with Gasteiger partial charge in [-0.25, -0.2) is 24.3 Å². The van der Waals surface area contributed by atoms with Crippen molar-refractivity contribution >= 4 is 34.0 Å². The Morgan fingerprint density at radius 1 is 0.806 bits per heavy atom. The molecule has 0 aliphatic heterocycles. The number of anilines is 2. The number of pyridine rings is 1. The molecule has 3 heterocycles. The number of benzene rings is 2. The van der Waals surface area contributed by atoms with Crippen LogP contribution in [0.15, 0.2) is 79.6 Å². The van der Waals surface area contributed by atoms with Crippen molar-refractivity contribution in [2.24, 2.45) is 0 Å². The van der Waals surface area contributed by atoms with Crippen molar-refractivity contribution in [2.45, 2.75) is 0 Å². The molecule has 0 radical (unpaired) electrons. The summed E-state index contributed by atoms with van der Waals surface area (Å²) in [6, 6.07) is 14.0. The first-order chi connectivity index (χ1) is 15.2. The highest BCUT2D eigenvalue weighted by atomic mass is 35.5. The summed E-state index contributed by atoms with van der Waals surface area (Å²) < 4.78 is 13.6. The zero-order valence-corrected chi connectivity index (χ0v) is 16.8. The molecule has 0 aliphatic rings. The topological polar surface area (TPSA) is 76.5 Å². The molecule has 0 aliphatic carbocycles. The van der Waals surface area contributed by atoms with Crippen LogP contribution < -0.4 is 5.32 Å². The predicted octanol–water partition coefficient (Wildman–Crippen LogP) is 5.68. The number of fused-ring (bicyclic) bond motifs is 1. The first-order valence-electron chi connectivity index (χ1n) is 9.37. The van der Waals surface area contributed by atoms with E-state index in [1.807, 2.05) is 30.3 Å². The maximum Gasteiger partial charge on any atom is 0.163 e. The van der Waals surface area contributed by atoms with Crippen molar-refractivity contribution in [3.05, 3.63) is 90.5 Å². The second-order valence-corrected chi connectivity index (χ2v) is 7.16. The van der Waals surface area contributed by atoms with Crippen LogP contribution in [0.2, 0.25) is 5.02 Å². The van der Waals surface area contributed by atoms with Gasteiger partial charge in [0.2, 0.25) is 0 Å². The summed E-state index contributed by atoms with van der Waals surface area (Å²) in [5.74, 6) is 0.597. The molecule has 0 fully saturated rings. The Morgan fingerprint density at radius 2 is 1.65 bits per heavy atom. The second kappa shape index (κ2) is 8.04. The van der Waals surface area contributed by atoms with E-state index in [4.69, 9.17) is 21.6 Å². The monoisotopic (exact) mass is 428 g/mol. The Balaban J connectivity index is 1.68. The van der Waals surface area contributed by atoms with E-state index >= 15 is 0 Å². The van der Waals surface area contributed by atoms with E-state index in [2.05, 4.69) is 20.3 Å². The molecule has 3 aromatic heterocycles. The van der Waals surface area contributed by atoms with Crippen LogP contribution in [-0.2, 0) is 0 Å². The van der Waals surface area contributed by atoms with Crippen molar-refractivity contribution in [2.75, 3.05) is 5.32 Å². The molecule has 2 aromatic carbocycles. The van der Waals surface area contributed by atoms with Gasteiger partial charge in [0.15, 0.2) is 5.82 Å². The average Bonchev–Trinajstić information content (AvgIpc) is 2.82. The molecule has 5 rings (SSSR count). The van der Waals surface area contributed by atoms with Gasteiger partial charge in [-0.3, -0.25) is 4.98 Å². The van der Waals surface area contributed by atoms with Crippen LogP contribution in [0.5, 0.6) is 0 Å². The summed E-state index contributed by atoms with van der Waals surface area (Å²) in [6.45, 7) is 0. The van der Waals surface area contributed by atoms with Crippen molar-refractivity contribution in [3.8, 4) is 22.5 Å². The van der Waals surface area contributed by atoms with Gasteiger partial charge in [-0.05, 0) is 48.0 Å². The van der Waals surface area contributed by atoms with Crippen LogP contribution in [0.25, 0.3) is 33.4 Å². The fourth-order valence-electron chi connectivity index (χ4n) is 3.19. The lowest BCUT2D eigenvalue weighted by atomic mass is 10.1. The minimum Gasteiger partial charge on any atom is -0.340 e. The van der Waals surface area contributed by atoms with Gasteiger partial charge in [-0.1, -0.05) is 17.7 Å². The van der Waals surface area contributed by atoms with Crippen LogP contribution in [0.4, 0.5) is 15.9 Å². The minimum atomic E-state index is -0.484. The molecule has 150 valence electrons. The molecular weight excluding hydrogens is 415 g/mol. The van der Waals surface area contributed by atoms with E-state index < -0.39 is 5.82 Å². The first kappa shape index (κ1) is 19.0. The lowest BCUT2D eigenvalue weighted by Gasteiger charge is -2.13. The molecule has 0 saturated carbocycles. The third-order valence-corrected chi connectivity index (χ3v) is 4.98. The third-order valence-electron chi connectivity index (χ3n) is 4.69. The van der Waals surface area contributed by atoms with Crippen molar-refractivity contribution in [3.63, 3.8) is 0 Å². The molecule has 1 N–H and O–H groups in total. The molecule has 5 aromatic rings. The van der Waals surface area contributed by atoms with Crippen LogP contribution in [0.1, 0.15) is 0 Å². The van der Waals surface area contributed by atoms with Gasteiger partial charge < -0.3 is 5.32 Å². The number of nitrogens with one attached hydrogen (secondary N) is 1. The zero-order valence-electron chi connectivity index (χ0n) is 16.0. The molecule has 8 heteroatoms. The van der Waals surface area contributed by atoms with Gasteiger partial charge in [0, 0.05) is 47.0 Å². The number of aromatic nitrogens is 5. The predicted molar refractivity (Wildman–Crippen MR) is 118 cm³/mol. The lowest BCUT2D eigenvalue weighted by Crippen LogP contribution is -2.00. The molecule has 0 spiro atoms. The molecular formula is C23H14ClFN6. The summed E-state index contributed by atoms with van der Waals surface area (Å²) >= 11 is 5.96. The maximum absolute atomic E-state index is 13.6. The molecule has 0 bridgehead atoms. The van der Waals surface area contributed by atoms with Gasteiger partial charge in [0.05, 0.1) is 10.5 Å². The fraction of sp³-hybridized carbons (Fsp3) is 0. The molecule has 0 unspecified atom stereocenters. The van der Waals surface area contributed by atoms with E-state index in [0.29, 0.717) is 17.3 Å². The van der Waals surface area contributed by atoms with E-state index in [1.165, 1.54) is 18.5 Å². The highest BCUT2D eigenvalue weighted by Crippen LogP contribution is 2.31. The van der Waals surface area contributed by atoms with Crippen molar-refractivity contribution < 1.29 is 4.39 Å². The van der Waals surface area contributed by atoms with Crippen molar-refractivity contribution in [1.82, 2.24) is 24.9 Å². The number of halogens is 2. The SMILES string of the molecule is Fc1ccc(Nc2nc(-c3cccnc3)nc3ccc(-c4cncnc4)cc23)cc1Cl. The minimum absolute atomic E-state index is 0.0259. The Labute approximate surface area is 181 Å². The highest BCUT2D eigenvalue weighted by Gasteiger charge is 2.12. The van der Waals surface area contributed by atoms with Gasteiger partial charge in [-0.2, -0.15) is 0 Å². The normalized spacial score (nSPS) is 10.9. The van der Waals surface area contributed by atoms with E-state index in [1.54, 1.807) is 30.9 Å². The zero-order chi connectivity index (χ0) is 21.2. The van der Waals surface area contributed by atoms with E-state index in [0.717, 1.165) is 27.6 Å². The summed E-state index contributed by atoms with van der Waals surface area (Å²) in [4.78, 5) is 21.8. The van der Waals surface area contributed by atoms with E-state index in [9.17, 15) is 4.39 Å². The van der Waals surface area contributed by atoms with Crippen LogP contribution in [-0.4, -0.2) is 24.9 Å².